The zero-order valence-corrected chi connectivity index (χ0v) is 14.9. The lowest BCUT2D eigenvalue weighted by atomic mass is 10.1. The molecule has 0 saturated heterocycles. The minimum Gasteiger partial charge on any atom is -0.326 e. The summed E-state index contributed by atoms with van der Waals surface area (Å²) in [4.78, 5) is 12.1. The summed E-state index contributed by atoms with van der Waals surface area (Å²) in [6, 6.07) is 15.0. The Morgan fingerprint density at radius 3 is 2.33 bits per heavy atom. The first kappa shape index (κ1) is 18.5. The quantitative estimate of drug-likeness (QED) is 0.470. The SMILES string of the molecule is CCCCCCCCCCCC(=O)Nc1cc[c]c2ccccc12. The van der Waals surface area contributed by atoms with E-state index >= 15 is 0 Å². The van der Waals surface area contributed by atoms with Crippen LogP contribution in [0.5, 0.6) is 0 Å². The van der Waals surface area contributed by atoms with Crippen molar-refractivity contribution in [2.75, 3.05) is 5.32 Å². The second-order valence-electron chi connectivity index (χ2n) is 6.56. The molecule has 0 fully saturated rings. The molecule has 0 atom stereocenters. The average Bonchev–Trinajstić information content (AvgIpc) is 2.61. The summed E-state index contributed by atoms with van der Waals surface area (Å²) in [5, 5.41) is 5.15. The van der Waals surface area contributed by atoms with Gasteiger partial charge in [-0.05, 0) is 23.9 Å². The predicted molar refractivity (Wildman–Crippen MR) is 103 cm³/mol. The van der Waals surface area contributed by atoms with Gasteiger partial charge in [-0.3, -0.25) is 4.79 Å². The van der Waals surface area contributed by atoms with Gasteiger partial charge in [0.25, 0.3) is 0 Å². The predicted octanol–water partition coefficient (Wildman–Crippen LogP) is 6.50. The van der Waals surface area contributed by atoms with E-state index in [-0.39, 0.29) is 5.91 Å². The maximum Gasteiger partial charge on any atom is 0.224 e. The summed E-state index contributed by atoms with van der Waals surface area (Å²) in [7, 11) is 0. The third-order valence-electron chi connectivity index (χ3n) is 4.49. The highest BCUT2D eigenvalue weighted by atomic mass is 16.1. The highest BCUT2D eigenvalue weighted by Gasteiger charge is 2.05. The fourth-order valence-electron chi connectivity index (χ4n) is 3.07. The monoisotopic (exact) mass is 324 g/mol. The molecule has 1 amide bonds. The van der Waals surface area contributed by atoms with Crippen molar-refractivity contribution in [2.45, 2.75) is 71.1 Å². The summed E-state index contributed by atoms with van der Waals surface area (Å²) < 4.78 is 0. The zero-order valence-electron chi connectivity index (χ0n) is 14.9. The molecule has 0 saturated carbocycles. The Kier molecular flexibility index (Phi) is 8.37. The van der Waals surface area contributed by atoms with Gasteiger partial charge in [0.1, 0.15) is 0 Å². The first-order chi connectivity index (χ1) is 11.8. The van der Waals surface area contributed by atoms with Crippen molar-refractivity contribution < 1.29 is 4.79 Å². The number of hydrogen-bond acceptors (Lipinski definition) is 1. The number of anilines is 1. The second-order valence-corrected chi connectivity index (χ2v) is 6.56. The van der Waals surface area contributed by atoms with E-state index in [0.29, 0.717) is 6.42 Å². The Hall–Kier alpha value is -1.83. The molecule has 2 heteroatoms. The van der Waals surface area contributed by atoms with Crippen LogP contribution in [0.15, 0.2) is 36.4 Å². The molecule has 0 aromatic heterocycles. The highest BCUT2D eigenvalue weighted by Crippen LogP contribution is 2.22. The van der Waals surface area contributed by atoms with Crippen LogP contribution in [-0.2, 0) is 4.79 Å². The fourth-order valence-corrected chi connectivity index (χ4v) is 3.07. The van der Waals surface area contributed by atoms with E-state index in [1.807, 2.05) is 36.4 Å². The van der Waals surface area contributed by atoms with E-state index < -0.39 is 0 Å². The van der Waals surface area contributed by atoms with Gasteiger partial charge in [-0.1, -0.05) is 88.6 Å². The Morgan fingerprint density at radius 2 is 1.58 bits per heavy atom. The number of unbranched alkanes of at least 4 members (excludes halogenated alkanes) is 8. The molecule has 0 bridgehead atoms. The van der Waals surface area contributed by atoms with Gasteiger partial charge in [0.15, 0.2) is 0 Å². The van der Waals surface area contributed by atoms with Crippen molar-refractivity contribution in [3.8, 4) is 0 Å². The van der Waals surface area contributed by atoms with E-state index in [2.05, 4.69) is 18.3 Å². The van der Waals surface area contributed by atoms with Gasteiger partial charge in [0.05, 0.1) is 0 Å². The molecule has 24 heavy (non-hydrogen) atoms. The van der Waals surface area contributed by atoms with Crippen molar-refractivity contribution in [1.82, 2.24) is 0 Å². The maximum atomic E-state index is 12.1. The fraction of sp³-hybridized carbons (Fsp3) is 0.500. The number of nitrogens with one attached hydrogen (secondary N) is 1. The topological polar surface area (TPSA) is 29.1 Å². The Bertz CT molecular complexity index is 615. The minimum absolute atomic E-state index is 0.120. The van der Waals surface area contributed by atoms with Crippen LogP contribution in [0.1, 0.15) is 71.1 Å². The first-order valence-electron chi connectivity index (χ1n) is 9.50. The lowest BCUT2D eigenvalue weighted by Crippen LogP contribution is -2.11. The Balaban J connectivity index is 1.63. The van der Waals surface area contributed by atoms with Crippen LogP contribution in [-0.4, -0.2) is 5.91 Å². The molecular formula is C22H30NO. The molecule has 0 spiro atoms. The standard InChI is InChI=1S/C22H30NO/c1-2-3-4-5-6-7-8-9-10-18-22(24)23-21-17-13-15-19-14-11-12-16-20(19)21/h11-14,16-17H,2-10,18H2,1H3,(H,23,24). The van der Waals surface area contributed by atoms with Crippen LogP contribution in [0.25, 0.3) is 10.8 Å². The summed E-state index contributed by atoms with van der Waals surface area (Å²) in [6.07, 6.45) is 12.1. The van der Waals surface area contributed by atoms with E-state index in [9.17, 15) is 4.79 Å². The van der Waals surface area contributed by atoms with Crippen LogP contribution < -0.4 is 5.32 Å². The molecule has 2 aromatic carbocycles. The number of hydrogen-bond donors (Lipinski definition) is 1. The van der Waals surface area contributed by atoms with Gasteiger partial charge in [-0.15, -0.1) is 0 Å². The van der Waals surface area contributed by atoms with Gasteiger partial charge < -0.3 is 5.32 Å². The number of carbonyl (C=O) groups is 1. The first-order valence-corrected chi connectivity index (χ1v) is 9.50. The van der Waals surface area contributed by atoms with E-state index in [4.69, 9.17) is 0 Å². The Morgan fingerprint density at radius 1 is 0.917 bits per heavy atom. The highest BCUT2D eigenvalue weighted by molar-refractivity contribution is 6.01. The van der Waals surface area contributed by atoms with Crippen molar-refractivity contribution in [1.29, 1.82) is 0 Å². The normalized spacial score (nSPS) is 10.9. The molecule has 1 N–H and O–H groups in total. The van der Waals surface area contributed by atoms with Crippen molar-refractivity contribution in [2.24, 2.45) is 0 Å². The third-order valence-corrected chi connectivity index (χ3v) is 4.49. The van der Waals surface area contributed by atoms with Crippen LogP contribution in [0.2, 0.25) is 0 Å². The van der Waals surface area contributed by atoms with Gasteiger partial charge in [0.2, 0.25) is 5.91 Å². The van der Waals surface area contributed by atoms with Crippen molar-refractivity contribution in [3.63, 3.8) is 0 Å². The largest absolute Gasteiger partial charge is 0.326 e. The number of fused-ring (bicyclic) bond motifs is 1. The van der Waals surface area contributed by atoms with Crippen molar-refractivity contribution >= 4 is 22.4 Å². The third kappa shape index (κ3) is 6.35. The van der Waals surface area contributed by atoms with Gasteiger partial charge >= 0.3 is 0 Å². The van der Waals surface area contributed by atoms with Gasteiger partial charge in [-0.25, -0.2) is 0 Å². The van der Waals surface area contributed by atoms with Gasteiger partial charge in [0, 0.05) is 17.5 Å². The lowest BCUT2D eigenvalue weighted by Gasteiger charge is -2.08. The molecule has 0 heterocycles. The van der Waals surface area contributed by atoms with Crippen LogP contribution >= 0.6 is 0 Å². The molecule has 129 valence electrons. The summed E-state index contributed by atoms with van der Waals surface area (Å²) in [5.74, 6) is 0.120. The summed E-state index contributed by atoms with van der Waals surface area (Å²) in [5.41, 5.74) is 0.894. The molecule has 0 aliphatic carbocycles. The lowest BCUT2D eigenvalue weighted by molar-refractivity contribution is -0.116. The molecule has 0 unspecified atom stereocenters. The number of rotatable bonds is 11. The summed E-state index contributed by atoms with van der Waals surface area (Å²) >= 11 is 0. The molecule has 0 aliphatic heterocycles. The maximum absolute atomic E-state index is 12.1. The summed E-state index contributed by atoms with van der Waals surface area (Å²) in [6.45, 7) is 2.25. The van der Waals surface area contributed by atoms with E-state index in [1.54, 1.807) is 0 Å². The van der Waals surface area contributed by atoms with Crippen LogP contribution in [0.3, 0.4) is 0 Å². The minimum atomic E-state index is 0.120. The molecule has 2 nitrogen and oxygen atoms in total. The smallest absolute Gasteiger partial charge is 0.224 e. The molecule has 2 aromatic rings. The van der Waals surface area contributed by atoms with Crippen LogP contribution in [0.4, 0.5) is 5.69 Å². The van der Waals surface area contributed by atoms with Crippen LogP contribution in [0, 0.1) is 6.07 Å². The van der Waals surface area contributed by atoms with Gasteiger partial charge in [-0.2, -0.15) is 0 Å². The number of carbonyl (C=O) groups excluding carboxylic acids is 1. The number of benzene rings is 2. The van der Waals surface area contributed by atoms with Crippen molar-refractivity contribution in [3.05, 3.63) is 42.5 Å². The van der Waals surface area contributed by atoms with E-state index in [0.717, 1.165) is 29.3 Å². The average molecular weight is 324 g/mol. The molecular weight excluding hydrogens is 294 g/mol. The zero-order chi connectivity index (χ0) is 17.0. The van der Waals surface area contributed by atoms with E-state index in [1.165, 1.54) is 44.9 Å². The Labute approximate surface area is 146 Å². The second kappa shape index (κ2) is 10.9. The molecule has 1 radical (unpaired) electrons. The molecule has 0 aliphatic rings. The molecule has 2 rings (SSSR count). The number of amides is 1.